The van der Waals surface area contributed by atoms with E-state index in [1.165, 1.54) is 6.33 Å². The number of ether oxygens (including phenoxy) is 3. The third-order valence-electron chi connectivity index (χ3n) is 8.09. The Morgan fingerprint density at radius 3 is 1.98 bits per heavy atom. The molecule has 5 aromatic rings. The zero-order valence-corrected chi connectivity index (χ0v) is 26.2. The maximum absolute atomic E-state index is 9.68. The van der Waals surface area contributed by atoms with Gasteiger partial charge in [-0.1, -0.05) is 91.0 Å². The number of benzene rings is 3. The Hall–Kier alpha value is -3.58. The number of imidazole rings is 1. The molecule has 45 heavy (non-hydrogen) atoms. The van der Waals surface area contributed by atoms with E-state index in [0.29, 0.717) is 17.0 Å². The van der Waals surface area contributed by atoms with Crippen molar-refractivity contribution in [3.63, 3.8) is 0 Å². The number of nitrogens with one attached hydrogen (secondary N) is 1. The van der Waals surface area contributed by atoms with Crippen LogP contribution in [-0.2, 0) is 36.1 Å². The Bertz CT molecular complexity index is 1740. The average Bonchev–Trinajstić information content (AvgIpc) is 3.70. The third-order valence-corrected chi connectivity index (χ3v) is 8.89. The fourth-order valence-electron chi connectivity index (χ4n) is 6.28. The molecule has 2 aliphatic heterocycles. The topological polar surface area (TPSA) is 133 Å². The van der Waals surface area contributed by atoms with E-state index in [2.05, 4.69) is 58.5 Å². The van der Waals surface area contributed by atoms with Crippen molar-refractivity contribution in [2.24, 2.45) is 0 Å². The van der Waals surface area contributed by atoms with E-state index in [-0.39, 0.29) is 6.61 Å². The quantitative estimate of drug-likeness (QED) is 0.150. The highest BCUT2D eigenvalue weighted by molar-refractivity contribution is 8.06. The zero-order chi connectivity index (χ0) is 31.2. The van der Waals surface area contributed by atoms with Gasteiger partial charge >= 0.3 is 6.72 Å². The average molecular weight is 646 g/mol. The molecule has 0 bridgehead atoms. The smallest absolute Gasteiger partial charge is 0.321 e. The highest BCUT2D eigenvalue weighted by Crippen LogP contribution is 2.46. The molecule has 0 saturated carbocycles. The predicted octanol–water partition coefficient (Wildman–Crippen LogP) is 4.87. The molecular formula is C32H32N5O6PS. The van der Waals surface area contributed by atoms with Gasteiger partial charge in [0, 0.05) is 0 Å². The number of rotatable bonds is 9. The third kappa shape index (κ3) is 5.69. The van der Waals surface area contributed by atoms with Crippen LogP contribution in [-0.4, -0.2) is 60.0 Å². The van der Waals surface area contributed by atoms with Gasteiger partial charge in [0.15, 0.2) is 29.0 Å². The number of hydrogen-bond donors (Lipinski definition) is 3. The molecule has 0 amide bonds. The molecule has 3 N–H and O–H groups in total. The summed E-state index contributed by atoms with van der Waals surface area (Å²) in [7, 11) is 0. The molecule has 4 heterocycles. The van der Waals surface area contributed by atoms with Gasteiger partial charge in [-0.2, -0.15) is 0 Å². The first-order chi connectivity index (χ1) is 21.6. The second-order valence-corrected chi connectivity index (χ2v) is 14.1. The normalized spacial score (nSPS) is 22.8. The molecule has 11 nitrogen and oxygen atoms in total. The molecule has 232 valence electrons. The summed E-state index contributed by atoms with van der Waals surface area (Å²) < 4.78 is 25.7. The summed E-state index contributed by atoms with van der Waals surface area (Å²) in [5.41, 5.74) is 3.28. The molecule has 7 rings (SSSR count). The number of fused-ring (bicyclic) bond motifs is 2. The first-order valence-corrected chi connectivity index (χ1v) is 17.1. The second-order valence-electron chi connectivity index (χ2n) is 11.4. The van der Waals surface area contributed by atoms with Crippen molar-refractivity contribution in [3.05, 3.63) is 120 Å². The van der Waals surface area contributed by atoms with Crippen molar-refractivity contribution in [2.75, 3.05) is 11.9 Å². The van der Waals surface area contributed by atoms with Crippen LogP contribution in [0.5, 0.6) is 0 Å². The molecule has 2 aromatic heterocycles. The minimum atomic E-state index is -3.90. The van der Waals surface area contributed by atoms with E-state index >= 15 is 0 Å². The lowest BCUT2D eigenvalue weighted by molar-refractivity contribution is -0.199. The van der Waals surface area contributed by atoms with Gasteiger partial charge in [0.1, 0.15) is 30.2 Å². The lowest BCUT2D eigenvalue weighted by Gasteiger charge is -2.37. The van der Waals surface area contributed by atoms with Crippen LogP contribution in [0.25, 0.3) is 11.2 Å². The molecule has 4 atom stereocenters. The molecule has 0 spiro atoms. The molecule has 2 fully saturated rings. The van der Waals surface area contributed by atoms with E-state index in [4.69, 9.17) is 28.7 Å². The highest BCUT2D eigenvalue weighted by atomic mass is 32.5. The van der Waals surface area contributed by atoms with E-state index < -0.39 is 42.6 Å². The second kappa shape index (κ2) is 11.7. The van der Waals surface area contributed by atoms with Crippen LogP contribution in [0.4, 0.5) is 5.82 Å². The van der Waals surface area contributed by atoms with Crippen molar-refractivity contribution >= 4 is 35.5 Å². The first-order valence-electron chi connectivity index (χ1n) is 14.5. The molecule has 1 unspecified atom stereocenters. The monoisotopic (exact) mass is 645 g/mol. The number of aromatic nitrogens is 4. The molecule has 0 radical (unpaired) electrons. The Kier molecular flexibility index (Phi) is 7.79. The Balaban J connectivity index is 1.32. The van der Waals surface area contributed by atoms with Crippen molar-refractivity contribution in [1.82, 2.24) is 19.5 Å². The maximum atomic E-state index is 9.68. The number of hydrogen-bond acceptors (Lipinski definition) is 9. The van der Waals surface area contributed by atoms with Crippen molar-refractivity contribution < 1.29 is 28.5 Å². The van der Waals surface area contributed by atoms with Gasteiger partial charge in [0.05, 0.1) is 12.9 Å². The Morgan fingerprint density at radius 2 is 1.42 bits per heavy atom. The molecule has 2 saturated heterocycles. The standard InChI is InChI=1S/C32H32N5O6PS/c1-31(2)42-26-24(18-40-44(38,39)45)41-30(27(26)43-31)37-20-35-25-28(33-19-34-29(25)37)36-32(21-12-6-3-7-13-21,22-14-8-4-9-15-22)23-16-10-5-11-17-23/h3-17,19-20,24,26-27,30H,18H2,1-2H3,(H,33,34,36)(H2,38,39,45)/t24-,26+,27?,30-/m1/s1. The van der Waals surface area contributed by atoms with Gasteiger partial charge in [0.2, 0.25) is 0 Å². The highest BCUT2D eigenvalue weighted by Gasteiger charge is 2.56. The summed E-state index contributed by atoms with van der Waals surface area (Å²) >= 11 is 4.65. The summed E-state index contributed by atoms with van der Waals surface area (Å²) in [5.74, 6) is -0.373. The SMILES string of the molecule is CC1(C)OC2[C@@H](O1)[C@@H](COP(O)(O)=S)O[C@H]2n1cnc2c(NC(c3ccccc3)(c3ccccc3)c3ccccc3)ncnc21. The van der Waals surface area contributed by atoms with E-state index in [1.807, 2.05) is 68.4 Å². The summed E-state index contributed by atoms with van der Waals surface area (Å²) in [6.45, 7) is -0.447. The van der Waals surface area contributed by atoms with Gasteiger partial charge in [-0.05, 0) is 42.3 Å². The minimum Gasteiger partial charge on any atom is -0.351 e. The van der Waals surface area contributed by atoms with Crippen LogP contribution in [0, 0.1) is 0 Å². The molecule has 3 aromatic carbocycles. The lowest BCUT2D eigenvalue weighted by atomic mass is 9.77. The summed E-state index contributed by atoms with van der Waals surface area (Å²) in [6, 6.07) is 30.7. The van der Waals surface area contributed by atoms with E-state index in [1.54, 1.807) is 10.9 Å². The van der Waals surface area contributed by atoms with Gasteiger partial charge < -0.3 is 33.8 Å². The van der Waals surface area contributed by atoms with Crippen LogP contribution in [0.2, 0.25) is 0 Å². The van der Waals surface area contributed by atoms with Crippen LogP contribution in [0.3, 0.4) is 0 Å². The fraction of sp³-hybridized carbons (Fsp3) is 0.281. The molecule has 2 aliphatic rings. The minimum absolute atomic E-state index is 0.177. The zero-order valence-electron chi connectivity index (χ0n) is 24.5. The van der Waals surface area contributed by atoms with Crippen LogP contribution in [0.1, 0.15) is 36.8 Å². The van der Waals surface area contributed by atoms with E-state index in [9.17, 15) is 9.79 Å². The van der Waals surface area contributed by atoms with Gasteiger partial charge in [-0.3, -0.25) is 4.57 Å². The van der Waals surface area contributed by atoms with Crippen molar-refractivity contribution in [3.8, 4) is 0 Å². The summed E-state index contributed by atoms with van der Waals surface area (Å²) in [4.78, 5) is 33.4. The van der Waals surface area contributed by atoms with Crippen molar-refractivity contribution in [1.29, 1.82) is 0 Å². The van der Waals surface area contributed by atoms with E-state index in [0.717, 1.165) is 16.7 Å². The van der Waals surface area contributed by atoms with Crippen LogP contribution < -0.4 is 5.32 Å². The van der Waals surface area contributed by atoms with Gasteiger partial charge in [0.25, 0.3) is 0 Å². The van der Waals surface area contributed by atoms with Crippen LogP contribution in [0.15, 0.2) is 104 Å². The fourth-order valence-corrected chi connectivity index (χ4v) is 6.80. The summed E-state index contributed by atoms with van der Waals surface area (Å²) in [5, 5.41) is 3.79. The molecular weight excluding hydrogens is 613 g/mol. The number of nitrogens with zero attached hydrogens (tertiary/aromatic N) is 4. The van der Waals surface area contributed by atoms with Crippen LogP contribution >= 0.6 is 6.72 Å². The Labute approximate surface area is 265 Å². The first kappa shape index (κ1) is 30.1. The lowest BCUT2D eigenvalue weighted by Crippen LogP contribution is -2.38. The van der Waals surface area contributed by atoms with Gasteiger partial charge in [-0.25, -0.2) is 15.0 Å². The largest absolute Gasteiger partial charge is 0.351 e. The molecule has 0 aliphatic carbocycles. The number of anilines is 1. The Morgan fingerprint density at radius 1 is 0.867 bits per heavy atom. The predicted molar refractivity (Wildman–Crippen MR) is 171 cm³/mol. The van der Waals surface area contributed by atoms with Gasteiger partial charge in [-0.15, -0.1) is 0 Å². The van der Waals surface area contributed by atoms with Crippen molar-refractivity contribution in [2.45, 2.75) is 49.7 Å². The maximum Gasteiger partial charge on any atom is 0.321 e. The molecule has 13 heteroatoms. The summed E-state index contributed by atoms with van der Waals surface area (Å²) in [6.07, 6.45) is 0.653.